The van der Waals surface area contributed by atoms with Crippen molar-refractivity contribution in [2.45, 2.75) is 39.3 Å². The van der Waals surface area contributed by atoms with E-state index in [2.05, 4.69) is 33.2 Å². The van der Waals surface area contributed by atoms with E-state index in [0.717, 1.165) is 17.3 Å². The summed E-state index contributed by atoms with van der Waals surface area (Å²) >= 11 is 3.34. The molecule has 0 radical (unpaired) electrons. The van der Waals surface area contributed by atoms with Crippen LogP contribution in [0.25, 0.3) is 10.9 Å². The molecule has 1 heterocycles. The third-order valence-electron chi connectivity index (χ3n) is 3.23. The Hall–Kier alpha value is -1.69. The molecule has 1 atom stereocenters. The fraction of sp³-hybridized carbons (Fsp3) is 0.400. The van der Waals surface area contributed by atoms with E-state index in [1.165, 1.54) is 10.9 Å². The molecule has 1 N–H and O–H groups in total. The average Bonchev–Trinajstić information content (AvgIpc) is 2.42. The molecule has 0 aliphatic carbocycles. The summed E-state index contributed by atoms with van der Waals surface area (Å²) in [6, 6.07) is 5.44. The van der Waals surface area contributed by atoms with Gasteiger partial charge in [0.2, 0.25) is 5.91 Å². The van der Waals surface area contributed by atoms with Crippen LogP contribution < -0.4 is 10.9 Å². The van der Waals surface area contributed by atoms with Gasteiger partial charge >= 0.3 is 0 Å². The van der Waals surface area contributed by atoms with Crippen LogP contribution in [0.2, 0.25) is 0 Å². The number of fused-ring (bicyclic) bond motifs is 1. The molecule has 0 unspecified atom stereocenters. The lowest BCUT2D eigenvalue weighted by Gasteiger charge is -2.13. The highest BCUT2D eigenvalue weighted by Gasteiger charge is 2.10. The van der Waals surface area contributed by atoms with Crippen molar-refractivity contribution in [3.63, 3.8) is 0 Å². The van der Waals surface area contributed by atoms with Gasteiger partial charge in [-0.3, -0.25) is 14.2 Å². The summed E-state index contributed by atoms with van der Waals surface area (Å²) in [4.78, 5) is 28.5. The number of amides is 1. The minimum atomic E-state index is -0.209. The molecule has 1 aromatic carbocycles. The molecule has 1 amide bonds. The standard InChI is InChI=1S/C15H18BrN3O2/c1-3-4-10(2)18-14(20)8-19-9-17-13-6-5-11(16)7-12(13)15(19)21/h5-7,9-10H,3-4,8H2,1-2H3,(H,18,20)/t10-/m0/s1. The molecule has 21 heavy (non-hydrogen) atoms. The number of hydrogen-bond acceptors (Lipinski definition) is 3. The first-order chi connectivity index (χ1) is 10.0. The highest BCUT2D eigenvalue weighted by atomic mass is 79.9. The summed E-state index contributed by atoms with van der Waals surface area (Å²) < 4.78 is 2.15. The van der Waals surface area contributed by atoms with Crippen molar-refractivity contribution < 1.29 is 4.79 Å². The van der Waals surface area contributed by atoms with E-state index in [0.29, 0.717) is 10.9 Å². The Balaban J connectivity index is 2.21. The van der Waals surface area contributed by atoms with Crippen molar-refractivity contribution in [1.82, 2.24) is 14.9 Å². The van der Waals surface area contributed by atoms with E-state index in [1.54, 1.807) is 12.1 Å². The van der Waals surface area contributed by atoms with Crippen LogP contribution in [0.5, 0.6) is 0 Å². The summed E-state index contributed by atoms with van der Waals surface area (Å²) in [5, 5.41) is 3.38. The lowest BCUT2D eigenvalue weighted by molar-refractivity contribution is -0.122. The molecular weight excluding hydrogens is 334 g/mol. The van der Waals surface area contributed by atoms with Crippen LogP contribution in [0.3, 0.4) is 0 Å². The molecule has 0 aliphatic heterocycles. The van der Waals surface area contributed by atoms with Crippen LogP contribution in [-0.2, 0) is 11.3 Å². The van der Waals surface area contributed by atoms with Crippen molar-refractivity contribution in [3.05, 3.63) is 39.4 Å². The lowest BCUT2D eigenvalue weighted by Crippen LogP contribution is -2.37. The van der Waals surface area contributed by atoms with Crippen molar-refractivity contribution in [2.24, 2.45) is 0 Å². The Bertz CT molecular complexity index is 712. The van der Waals surface area contributed by atoms with Gasteiger partial charge in [0.25, 0.3) is 5.56 Å². The highest BCUT2D eigenvalue weighted by Crippen LogP contribution is 2.14. The highest BCUT2D eigenvalue weighted by molar-refractivity contribution is 9.10. The number of rotatable bonds is 5. The number of benzene rings is 1. The fourth-order valence-electron chi connectivity index (χ4n) is 2.22. The largest absolute Gasteiger partial charge is 0.352 e. The molecule has 0 saturated carbocycles. The molecule has 0 fully saturated rings. The third kappa shape index (κ3) is 3.91. The maximum atomic E-state index is 12.3. The molecule has 6 heteroatoms. The molecule has 2 rings (SSSR count). The lowest BCUT2D eigenvalue weighted by atomic mass is 10.2. The predicted molar refractivity (Wildman–Crippen MR) is 86.2 cm³/mol. The minimum Gasteiger partial charge on any atom is -0.352 e. The van der Waals surface area contributed by atoms with Crippen LogP contribution in [0.1, 0.15) is 26.7 Å². The van der Waals surface area contributed by atoms with E-state index in [4.69, 9.17) is 0 Å². The number of nitrogens with zero attached hydrogens (tertiary/aromatic N) is 2. The smallest absolute Gasteiger partial charge is 0.261 e. The van der Waals surface area contributed by atoms with Crippen molar-refractivity contribution >= 4 is 32.7 Å². The molecule has 0 saturated heterocycles. The molecule has 2 aromatic rings. The monoisotopic (exact) mass is 351 g/mol. The quantitative estimate of drug-likeness (QED) is 0.899. The van der Waals surface area contributed by atoms with Gasteiger partial charge in [-0.2, -0.15) is 0 Å². The fourth-order valence-corrected chi connectivity index (χ4v) is 2.59. The first kappa shape index (κ1) is 15.7. The summed E-state index contributed by atoms with van der Waals surface area (Å²) in [7, 11) is 0. The van der Waals surface area contributed by atoms with E-state index in [9.17, 15) is 9.59 Å². The van der Waals surface area contributed by atoms with Gasteiger partial charge in [-0.05, 0) is 31.5 Å². The molecule has 112 valence electrons. The van der Waals surface area contributed by atoms with Crippen LogP contribution in [-0.4, -0.2) is 21.5 Å². The topological polar surface area (TPSA) is 64.0 Å². The van der Waals surface area contributed by atoms with Crippen molar-refractivity contribution in [2.75, 3.05) is 0 Å². The molecule has 0 bridgehead atoms. The summed E-state index contributed by atoms with van der Waals surface area (Å²) in [6.45, 7) is 4.01. The van der Waals surface area contributed by atoms with Gasteiger partial charge in [-0.25, -0.2) is 4.98 Å². The zero-order chi connectivity index (χ0) is 15.4. The number of halogens is 1. The summed E-state index contributed by atoms with van der Waals surface area (Å²) in [6.07, 6.45) is 3.35. The van der Waals surface area contributed by atoms with E-state index in [1.807, 2.05) is 13.0 Å². The molecular formula is C15H18BrN3O2. The van der Waals surface area contributed by atoms with Gasteiger partial charge in [0.15, 0.2) is 0 Å². The average molecular weight is 352 g/mol. The first-order valence-electron chi connectivity index (χ1n) is 6.95. The molecule has 1 aromatic heterocycles. The first-order valence-corrected chi connectivity index (χ1v) is 7.74. The van der Waals surface area contributed by atoms with Gasteiger partial charge in [0, 0.05) is 10.5 Å². The Morgan fingerprint density at radius 2 is 2.24 bits per heavy atom. The maximum Gasteiger partial charge on any atom is 0.261 e. The van der Waals surface area contributed by atoms with Crippen LogP contribution in [0, 0.1) is 0 Å². The normalized spacial score (nSPS) is 12.3. The zero-order valence-corrected chi connectivity index (χ0v) is 13.7. The third-order valence-corrected chi connectivity index (χ3v) is 3.72. The Morgan fingerprint density at radius 3 is 2.95 bits per heavy atom. The summed E-state index contributed by atoms with van der Waals surface area (Å²) in [5.41, 5.74) is 0.416. The van der Waals surface area contributed by atoms with E-state index < -0.39 is 0 Å². The maximum absolute atomic E-state index is 12.3. The summed E-state index contributed by atoms with van der Waals surface area (Å²) in [5.74, 6) is -0.172. The number of carbonyl (C=O) groups excluding carboxylic acids is 1. The number of carbonyl (C=O) groups is 1. The number of aromatic nitrogens is 2. The van der Waals surface area contributed by atoms with Crippen LogP contribution >= 0.6 is 15.9 Å². The Labute approximate surface area is 131 Å². The number of hydrogen-bond donors (Lipinski definition) is 1. The zero-order valence-electron chi connectivity index (χ0n) is 12.1. The van der Waals surface area contributed by atoms with Gasteiger partial charge < -0.3 is 5.32 Å². The molecule has 0 spiro atoms. The minimum absolute atomic E-state index is 0.0116. The second-order valence-corrected chi connectivity index (χ2v) is 6.01. The SMILES string of the molecule is CCC[C@H](C)NC(=O)Cn1cnc2ccc(Br)cc2c1=O. The number of nitrogens with one attached hydrogen (secondary N) is 1. The van der Waals surface area contributed by atoms with Crippen molar-refractivity contribution in [3.8, 4) is 0 Å². The predicted octanol–water partition coefficient (Wildman–Crippen LogP) is 2.46. The Morgan fingerprint density at radius 1 is 1.48 bits per heavy atom. The van der Waals surface area contributed by atoms with E-state index in [-0.39, 0.29) is 24.1 Å². The Kier molecular flexibility index (Phi) is 5.12. The van der Waals surface area contributed by atoms with Gasteiger partial charge in [0.05, 0.1) is 17.2 Å². The molecule has 0 aliphatic rings. The second-order valence-electron chi connectivity index (χ2n) is 5.10. The second kappa shape index (κ2) is 6.85. The van der Waals surface area contributed by atoms with E-state index >= 15 is 0 Å². The van der Waals surface area contributed by atoms with Gasteiger partial charge in [-0.15, -0.1) is 0 Å². The van der Waals surface area contributed by atoms with Crippen molar-refractivity contribution in [1.29, 1.82) is 0 Å². The van der Waals surface area contributed by atoms with Gasteiger partial charge in [0.1, 0.15) is 6.54 Å². The van der Waals surface area contributed by atoms with Gasteiger partial charge in [-0.1, -0.05) is 29.3 Å². The van der Waals surface area contributed by atoms with Crippen LogP contribution in [0.15, 0.2) is 33.8 Å². The van der Waals surface area contributed by atoms with Crippen LogP contribution in [0.4, 0.5) is 0 Å². The molecule has 5 nitrogen and oxygen atoms in total.